The molecule has 1 rings (SSSR count). The average molecular weight is 144 g/mol. The number of hydrogen-bond acceptors (Lipinski definition) is 3. The normalized spacial score (nSPS) is 9.44. The van der Waals surface area contributed by atoms with E-state index >= 15 is 0 Å². The number of aliphatic hydroxyl groups is 1. The van der Waals surface area contributed by atoms with Crippen molar-refractivity contribution in [3.8, 4) is 5.75 Å². The first-order chi connectivity index (χ1) is 4.43. The van der Waals surface area contributed by atoms with Crippen molar-refractivity contribution in [3.63, 3.8) is 0 Å². The van der Waals surface area contributed by atoms with Crippen LogP contribution in [0.1, 0.15) is 0 Å². The maximum absolute atomic E-state index is 8.34. The lowest BCUT2D eigenvalue weighted by atomic mass is 10.6. The maximum Gasteiger partial charge on any atom is 0.130 e. The highest BCUT2D eigenvalue weighted by Crippen LogP contribution is 2.13. The minimum Gasteiger partial charge on any atom is -0.490 e. The minimum atomic E-state index is 0.0792. The van der Waals surface area contributed by atoms with Gasteiger partial charge in [-0.2, -0.15) is 0 Å². The molecule has 0 saturated heterocycles. The second-order valence-corrected chi connectivity index (χ2v) is 2.31. The molecule has 0 atom stereocenters. The van der Waals surface area contributed by atoms with Gasteiger partial charge in [0, 0.05) is 5.38 Å². The fourth-order valence-electron chi connectivity index (χ4n) is 0.498. The van der Waals surface area contributed by atoms with Crippen LogP contribution >= 0.6 is 11.3 Å². The zero-order valence-electron chi connectivity index (χ0n) is 4.91. The van der Waals surface area contributed by atoms with Crippen molar-refractivity contribution in [1.82, 2.24) is 0 Å². The molecule has 1 heterocycles. The van der Waals surface area contributed by atoms with Gasteiger partial charge in [0.05, 0.1) is 6.61 Å². The zero-order valence-corrected chi connectivity index (χ0v) is 5.73. The van der Waals surface area contributed by atoms with Crippen molar-refractivity contribution in [3.05, 3.63) is 16.8 Å². The number of ether oxygens (including phenoxy) is 1. The summed E-state index contributed by atoms with van der Waals surface area (Å²) in [5.74, 6) is 0.842. The third-order valence-corrected chi connectivity index (χ3v) is 1.52. The molecule has 0 radical (unpaired) electrons. The Morgan fingerprint density at radius 3 is 3.11 bits per heavy atom. The molecule has 50 valence electrons. The molecule has 1 aromatic rings. The van der Waals surface area contributed by atoms with E-state index in [4.69, 9.17) is 9.84 Å². The Kier molecular flexibility index (Phi) is 2.54. The fraction of sp³-hybridized carbons (Fsp3) is 0.333. The van der Waals surface area contributed by atoms with E-state index in [1.165, 1.54) is 0 Å². The van der Waals surface area contributed by atoms with Gasteiger partial charge in [0.15, 0.2) is 0 Å². The first kappa shape index (κ1) is 6.58. The Labute approximate surface area is 57.7 Å². The molecular weight excluding hydrogens is 136 g/mol. The minimum absolute atomic E-state index is 0.0792. The van der Waals surface area contributed by atoms with Gasteiger partial charge in [0.25, 0.3) is 0 Å². The van der Waals surface area contributed by atoms with Gasteiger partial charge in [-0.25, -0.2) is 0 Å². The molecule has 0 spiro atoms. The van der Waals surface area contributed by atoms with Crippen LogP contribution < -0.4 is 4.74 Å². The standard InChI is InChI=1S/C6H8O2S/c7-2-3-8-6-1-4-9-5-6/h1,4-5,7H,2-3H2. The SMILES string of the molecule is OCCOc1ccsc1. The number of aliphatic hydroxyl groups excluding tert-OH is 1. The molecule has 1 aromatic heterocycles. The van der Waals surface area contributed by atoms with Crippen LogP contribution in [0.3, 0.4) is 0 Å². The molecule has 2 nitrogen and oxygen atoms in total. The van der Waals surface area contributed by atoms with Gasteiger partial charge < -0.3 is 9.84 Å². The van der Waals surface area contributed by atoms with Crippen LogP contribution in [-0.4, -0.2) is 18.3 Å². The van der Waals surface area contributed by atoms with E-state index in [2.05, 4.69) is 0 Å². The number of rotatable bonds is 3. The van der Waals surface area contributed by atoms with Crippen LogP contribution in [0, 0.1) is 0 Å². The summed E-state index contributed by atoms with van der Waals surface area (Å²) >= 11 is 1.58. The summed E-state index contributed by atoms with van der Waals surface area (Å²) in [7, 11) is 0. The molecule has 0 aliphatic rings. The van der Waals surface area contributed by atoms with Crippen molar-refractivity contribution in [1.29, 1.82) is 0 Å². The Morgan fingerprint density at radius 1 is 1.67 bits per heavy atom. The highest BCUT2D eigenvalue weighted by atomic mass is 32.1. The monoisotopic (exact) mass is 144 g/mol. The number of hydrogen-bond donors (Lipinski definition) is 1. The van der Waals surface area contributed by atoms with E-state index in [9.17, 15) is 0 Å². The lowest BCUT2D eigenvalue weighted by Gasteiger charge is -1.97. The van der Waals surface area contributed by atoms with Gasteiger partial charge >= 0.3 is 0 Å². The maximum atomic E-state index is 8.34. The molecule has 0 amide bonds. The second-order valence-electron chi connectivity index (χ2n) is 1.53. The molecule has 0 saturated carbocycles. The highest BCUT2D eigenvalue weighted by Gasteiger charge is 1.89. The van der Waals surface area contributed by atoms with Crippen molar-refractivity contribution in [2.75, 3.05) is 13.2 Å². The van der Waals surface area contributed by atoms with Gasteiger partial charge in [0.2, 0.25) is 0 Å². The first-order valence-corrected chi connectivity index (χ1v) is 3.63. The third-order valence-electron chi connectivity index (χ3n) is 0.855. The molecule has 0 aliphatic carbocycles. The summed E-state index contributed by atoms with van der Waals surface area (Å²) in [6.07, 6.45) is 0. The summed E-state index contributed by atoms with van der Waals surface area (Å²) in [4.78, 5) is 0. The van der Waals surface area contributed by atoms with E-state index in [1.54, 1.807) is 11.3 Å². The van der Waals surface area contributed by atoms with Crippen LogP contribution in [0.4, 0.5) is 0 Å². The molecular formula is C6H8O2S. The lowest BCUT2D eigenvalue weighted by Crippen LogP contribution is -2.00. The Bertz CT molecular complexity index is 148. The van der Waals surface area contributed by atoms with Gasteiger partial charge in [-0.1, -0.05) is 0 Å². The predicted molar refractivity (Wildman–Crippen MR) is 36.9 cm³/mol. The Morgan fingerprint density at radius 2 is 2.56 bits per heavy atom. The summed E-state index contributed by atoms with van der Waals surface area (Å²) in [5, 5.41) is 12.2. The summed E-state index contributed by atoms with van der Waals surface area (Å²) in [6.45, 7) is 0.465. The second kappa shape index (κ2) is 3.48. The summed E-state index contributed by atoms with van der Waals surface area (Å²) in [6, 6.07) is 1.88. The molecule has 0 bridgehead atoms. The van der Waals surface area contributed by atoms with Crippen LogP contribution in [0.5, 0.6) is 5.75 Å². The molecule has 1 N–H and O–H groups in total. The fourth-order valence-corrected chi connectivity index (χ4v) is 1.07. The van der Waals surface area contributed by atoms with Crippen molar-refractivity contribution < 1.29 is 9.84 Å². The molecule has 0 fully saturated rings. The Balaban J connectivity index is 2.30. The van der Waals surface area contributed by atoms with Crippen molar-refractivity contribution >= 4 is 11.3 Å². The lowest BCUT2D eigenvalue weighted by molar-refractivity contribution is 0.202. The van der Waals surface area contributed by atoms with Gasteiger partial charge in [0.1, 0.15) is 12.4 Å². The largest absolute Gasteiger partial charge is 0.490 e. The average Bonchev–Trinajstić information content (AvgIpc) is 2.34. The van der Waals surface area contributed by atoms with E-state index in [1.807, 2.05) is 16.8 Å². The van der Waals surface area contributed by atoms with Crippen LogP contribution in [0.25, 0.3) is 0 Å². The smallest absolute Gasteiger partial charge is 0.130 e. The molecule has 0 aliphatic heterocycles. The molecule has 0 aromatic carbocycles. The molecule has 0 unspecified atom stereocenters. The topological polar surface area (TPSA) is 29.5 Å². The van der Waals surface area contributed by atoms with E-state index in [0.29, 0.717) is 6.61 Å². The van der Waals surface area contributed by atoms with Gasteiger partial charge in [-0.3, -0.25) is 0 Å². The molecule has 3 heteroatoms. The quantitative estimate of drug-likeness (QED) is 0.688. The van der Waals surface area contributed by atoms with Gasteiger partial charge in [-0.15, -0.1) is 11.3 Å². The molecule has 9 heavy (non-hydrogen) atoms. The van der Waals surface area contributed by atoms with Gasteiger partial charge in [-0.05, 0) is 11.4 Å². The predicted octanol–water partition coefficient (Wildman–Crippen LogP) is 1.12. The van der Waals surface area contributed by atoms with Crippen LogP contribution in [0.2, 0.25) is 0 Å². The third kappa shape index (κ3) is 2.03. The zero-order chi connectivity index (χ0) is 6.53. The van der Waals surface area contributed by atoms with Crippen LogP contribution in [0.15, 0.2) is 16.8 Å². The summed E-state index contributed by atoms with van der Waals surface area (Å²) < 4.78 is 5.06. The highest BCUT2D eigenvalue weighted by molar-refractivity contribution is 7.08. The van der Waals surface area contributed by atoms with E-state index < -0.39 is 0 Å². The van der Waals surface area contributed by atoms with E-state index in [0.717, 1.165) is 5.75 Å². The summed E-state index contributed by atoms with van der Waals surface area (Å²) in [5.41, 5.74) is 0. The van der Waals surface area contributed by atoms with Crippen molar-refractivity contribution in [2.24, 2.45) is 0 Å². The van der Waals surface area contributed by atoms with Crippen LogP contribution in [-0.2, 0) is 0 Å². The Hall–Kier alpha value is -0.540. The first-order valence-electron chi connectivity index (χ1n) is 2.69. The van der Waals surface area contributed by atoms with Crippen molar-refractivity contribution in [2.45, 2.75) is 0 Å². The number of thiophene rings is 1. The van der Waals surface area contributed by atoms with E-state index in [-0.39, 0.29) is 6.61 Å².